The third kappa shape index (κ3) is 2.81. The van der Waals surface area contributed by atoms with Gasteiger partial charge in [-0.1, -0.05) is 29.3 Å². The highest BCUT2D eigenvalue weighted by Gasteiger charge is 2.21. The van der Waals surface area contributed by atoms with Crippen molar-refractivity contribution in [2.75, 3.05) is 13.1 Å². The Morgan fingerprint density at radius 1 is 1.21 bits per heavy atom. The maximum atomic E-state index is 6.27. The summed E-state index contributed by atoms with van der Waals surface area (Å²) in [5.41, 5.74) is 2.02. The van der Waals surface area contributed by atoms with Crippen molar-refractivity contribution < 1.29 is 4.74 Å². The van der Waals surface area contributed by atoms with Crippen molar-refractivity contribution in [2.45, 2.75) is 12.5 Å². The van der Waals surface area contributed by atoms with Crippen molar-refractivity contribution in [1.29, 1.82) is 0 Å². The average Bonchev–Trinajstić information content (AvgIpc) is 2.35. The summed E-state index contributed by atoms with van der Waals surface area (Å²) in [6, 6.07) is 5.70. The molecule has 0 amide bonds. The zero-order valence-corrected chi connectivity index (χ0v) is 11.8. The molecular weight excluding hydrogens is 281 g/mol. The first-order valence-corrected chi connectivity index (χ1v) is 7.06. The van der Waals surface area contributed by atoms with E-state index in [-0.39, 0.29) is 6.10 Å². The molecule has 0 bridgehead atoms. The third-order valence-corrected chi connectivity index (χ3v) is 3.82. The van der Waals surface area contributed by atoms with E-state index >= 15 is 0 Å². The molecule has 0 spiro atoms. The van der Waals surface area contributed by atoms with Crippen molar-refractivity contribution in [3.63, 3.8) is 0 Å². The normalized spacial score (nSPS) is 19.5. The molecule has 0 unspecified atom stereocenters. The Bertz CT molecular complexity index is 547. The van der Waals surface area contributed by atoms with Gasteiger partial charge in [0, 0.05) is 28.7 Å². The van der Waals surface area contributed by atoms with Gasteiger partial charge in [0.1, 0.15) is 11.9 Å². The van der Waals surface area contributed by atoms with E-state index in [9.17, 15) is 0 Å². The Balaban J connectivity index is 1.97. The van der Waals surface area contributed by atoms with Crippen molar-refractivity contribution in [3.8, 4) is 5.75 Å². The zero-order chi connectivity index (χ0) is 13.2. The molecular formula is C15H14Cl2NO. The molecule has 0 aromatic heterocycles. The van der Waals surface area contributed by atoms with Crippen LogP contribution in [0.5, 0.6) is 5.75 Å². The summed E-state index contributed by atoms with van der Waals surface area (Å²) in [5.74, 6) is 0.804. The van der Waals surface area contributed by atoms with E-state index in [1.165, 1.54) is 0 Å². The Kier molecular flexibility index (Phi) is 3.83. The van der Waals surface area contributed by atoms with Gasteiger partial charge in [0.2, 0.25) is 0 Å². The van der Waals surface area contributed by atoms with E-state index in [1.807, 2.05) is 30.4 Å². The van der Waals surface area contributed by atoms with E-state index in [1.54, 1.807) is 0 Å². The standard InChI is InChI=1S/C15H14Cl2NO/c16-10-5-6-13(12-3-1-2-4-14(12)17)15(7-10)19-11-8-18-9-11/h2-7,11,18H,1,8-9H2. The predicted octanol–water partition coefficient (Wildman–Crippen LogP) is 3.80. The zero-order valence-electron chi connectivity index (χ0n) is 10.3. The summed E-state index contributed by atoms with van der Waals surface area (Å²) < 4.78 is 5.98. The van der Waals surface area contributed by atoms with E-state index in [0.717, 1.165) is 41.4 Å². The van der Waals surface area contributed by atoms with Gasteiger partial charge in [0.05, 0.1) is 0 Å². The maximum Gasteiger partial charge on any atom is 0.128 e. The van der Waals surface area contributed by atoms with Gasteiger partial charge < -0.3 is 10.1 Å². The van der Waals surface area contributed by atoms with Crippen LogP contribution in [0, 0.1) is 6.42 Å². The summed E-state index contributed by atoms with van der Waals surface area (Å²) in [5, 5.41) is 4.60. The minimum Gasteiger partial charge on any atom is -0.487 e. The van der Waals surface area contributed by atoms with Crippen LogP contribution in [0.3, 0.4) is 0 Å². The minimum atomic E-state index is 0.218. The Morgan fingerprint density at radius 3 is 2.74 bits per heavy atom. The summed E-state index contributed by atoms with van der Waals surface area (Å²) in [4.78, 5) is 0. The number of hydrogen-bond donors (Lipinski definition) is 1. The van der Waals surface area contributed by atoms with Crippen LogP contribution in [0.25, 0.3) is 5.57 Å². The second-order valence-electron chi connectivity index (χ2n) is 4.64. The SMILES string of the molecule is ClC1=C(c2ccc(Cl)cc2OC2CNC2)[CH]CC=C1. The van der Waals surface area contributed by atoms with E-state index < -0.39 is 0 Å². The van der Waals surface area contributed by atoms with Crippen LogP contribution in [0.2, 0.25) is 5.02 Å². The molecule has 1 aliphatic carbocycles. The van der Waals surface area contributed by atoms with Gasteiger partial charge in [-0.3, -0.25) is 0 Å². The van der Waals surface area contributed by atoms with Crippen LogP contribution < -0.4 is 10.1 Å². The van der Waals surface area contributed by atoms with Gasteiger partial charge in [0.15, 0.2) is 0 Å². The van der Waals surface area contributed by atoms with Crippen molar-refractivity contribution in [1.82, 2.24) is 5.32 Å². The van der Waals surface area contributed by atoms with Gasteiger partial charge in [0.25, 0.3) is 0 Å². The van der Waals surface area contributed by atoms with E-state index in [0.29, 0.717) is 5.02 Å². The number of benzene rings is 1. The van der Waals surface area contributed by atoms with Gasteiger partial charge >= 0.3 is 0 Å². The largest absolute Gasteiger partial charge is 0.487 e. The van der Waals surface area contributed by atoms with E-state index in [4.69, 9.17) is 27.9 Å². The van der Waals surface area contributed by atoms with Gasteiger partial charge in [-0.15, -0.1) is 0 Å². The number of halogens is 2. The fraction of sp³-hybridized carbons (Fsp3) is 0.267. The molecule has 1 radical (unpaired) electrons. The number of hydrogen-bond acceptors (Lipinski definition) is 2. The molecule has 2 nitrogen and oxygen atoms in total. The third-order valence-electron chi connectivity index (χ3n) is 3.25. The monoisotopic (exact) mass is 294 g/mol. The molecule has 1 saturated heterocycles. The molecule has 1 aromatic carbocycles. The Labute approximate surface area is 123 Å². The lowest BCUT2D eigenvalue weighted by molar-refractivity contribution is 0.142. The lowest BCUT2D eigenvalue weighted by atomic mass is 9.96. The van der Waals surface area contributed by atoms with Crippen molar-refractivity contribution in [2.24, 2.45) is 0 Å². The highest BCUT2D eigenvalue weighted by atomic mass is 35.5. The summed E-state index contributed by atoms with van der Waals surface area (Å²) in [6.45, 7) is 1.75. The number of nitrogens with one attached hydrogen (secondary N) is 1. The van der Waals surface area contributed by atoms with Crippen LogP contribution in [0.15, 0.2) is 35.4 Å². The fourth-order valence-electron chi connectivity index (χ4n) is 2.12. The van der Waals surface area contributed by atoms with Gasteiger partial charge in [-0.05, 0) is 42.7 Å². The van der Waals surface area contributed by atoms with Crippen LogP contribution in [0.1, 0.15) is 12.0 Å². The minimum absolute atomic E-state index is 0.218. The number of ether oxygens (including phenoxy) is 1. The molecule has 1 aromatic rings. The fourth-order valence-corrected chi connectivity index (χ4v) is 2.55. The van der Waals surface area contributed by atoms with Crippen LogP contribution in [-0.2, 0) is 0 Å². The molecule has 4 heteroatoms. The van der Waals surface area contributed by atoms with Gasteiger partial charge in [-0.2, -0.15) is 0 Å². The Morgan fingerprint density at radius 2 is 2.05 bits per heavy atom. The smallest absolute Gasteiger partial charge is 0.128 e. The molecule has 1 fully saturated rings. The quantitative estimate of drug-likeness (QED) is 0.915. The summed E-state index contributed by atoms with van der Waals surface area (Å²) in [6.07, 6.45) is 7.18. The van der Waals surface area contributed by atoms with E-state index in [2.05, 4.69) is 11.7 Å². The molecule has 99 valence electrons. The second-order valence-corrected chi connectivity index (χ2v) is 5.49. The first-order chi connectivity index (χ1) is 9.24. The summed E-state index contributed by atoms with van der Waals surface area (Å²) in [7, 11) is 0. The molecule has 3 rings (SSSR count). The Hall–Kier alpha value is -0.960. The predicted molar refractivity (Wildman–Crippen MR) is 79.6 cm³/mol. The second kappa shape index (κ2) is 5.58. The molecule has 1 N–H and O–H groups in total. The molecule has 0 saturated carbocycles. The molecule has 1 aliphatic heterocycles. The molecule has 1 heterocycles. The molecule has 0 atom stereocenters. The van der Waals surface area contributed by atoms with Crippen LogP contribution >= 0.6 is 23.2 Å². The molecule has 2 aliphatic rings. The highest BCUT2D eigenvalue weighted by molar-refractivity contribution is 6.35. The van der Waals surface area contributed by atoms with Crippen LogP contribution in [-0.4, -0.2) is 19.2 Å². The van der Waals surface area contributed by atoms with Crippen molar-refractivity contribution in [3.05, 3.63) is 52.4 Å². The van der Waals surface area contributed by atoms with Crippen LogP contribution in [0.4, 0.5) is 0 Å². The first-order valence-electron chi connectivity index (χ1n) is 6.31. The lowest BCUT2D eigenvalue weighted by Gasteiger charge is -2.29. The average molecular weight is 295 g/mol. The maximum absolute atomic E-state index is 6.27. The highest BCUT2D eigenvalue weighted by Crippen LogP contribution is 2.37. The topological polar surface area (TPSA) is 21.3 Å². The summed E-state index contributed by atoms with van der Waals surface area (Å²) >= 11 is 12.3. The van der Waals surface area contributed by atoms with Gasteiger partial charge in [-0.25, -0.2) is 0 Å². The van der Waals surface area contributed by atoms with Crippen molar-refractivity contribution >= 4 is 28.8 Å². The first kappa shape index (κ1) is 13.0. The lowest BCUT2D eigenvalue weighted by Crippen LogP contribution is -2.50. The molecule has 19 heavy (non-hydrogen) atoms. The number of allylic oxidation sites excluding steroid dienone is 4. The number of rotatable bonds is 3.